The molecule has 0 radical (unpaired) electrons. The number of ether oxygens (including phenoxy) is 1. The topological polar surface area (TPSA) is 50.4 Å². The van der Waals surface area contributed by atoms with Gasteiger partial charge in [-0.15, -0.1) is 0 Å². The lowest BCUT2D eigenvalue weighted by Gasteiger charge is -2.39. The number of hydrogen-bond acceptors (Lipinski definition) is 3. The molecule has 1 heterocycles. The number of carbonyl (C=O) groups excluding carboxylic acids is 1. The van der Waals surface area contributed by atoms with Crippen molar-refractivity contribution >= 4 is 5.91 Å². The minimum atomic E-state index is 0.0433. The lowest BCUT2D eigenvalue weighted by molar-refractivity contribution is -0.124. The first-order chi connectivity index (χ1) is 9.31. The number of piperidine rings is 1. The second-order valence-electron chi connectivity index (χ2n) is 5.94. The Morgan fingerprint density at radius 3 is 2.89 bits per heavy atom. The van der Waals surface area contributed by atoms with Crippen LogP contribution in [0, 0.1) is 5.92 Å². The molecule has 1 amide bonds. The number of rotatable bonds is 6. The van der Waals surface area contributed by atoms with E-state index in [0.717, 1.165) is 38.3 Å². The van der Waals surface area contributed by atoms with Gasteiger partial charge in [-0.3, -0.25) is 4.79 Å². The van der Waals surface area contributed by atoms with Crippen LogP contribution in [0.25, 0.3) is 0 Å². The van der Waals surface area contributed by atoms with Gasteiger partial charge in [0.05, 0.1) is 6.04 Å². The summed E-state index contributed by atoms with van der Waals surface area (Å²) in [6.07, 6.45) is 9.53. The molecule has 0 spiro atoms. The number of hydrogen-bond donors (Lipinski definition) is 2. The van der Waals surface area contributed by atoms with E-state index in [4.69, 9.17) is 4.74 Å². The summed E-state index contributed by atoms with van der Waals surface area (Å²) in [5.41, 5.74) is 0. The van der Waals surface area contributed by atoms with Crippen molar-refractivity contribution in [2.75, 3.05) is 20.3 Å². The standard InChI is InChI=1S/C15H28N2O2/c1-19-11-5-4-10-16-15(18)14-9-8-12-6-2-3-7-13(12)17-14/h12-14,17H,2-11H2,1H3,(H,16,18). The first kappa shape index (κ1) is 14.8. The highest BCUT2D eigenvalue weighted by molar-refractivity contribution is 5.81. The fraction of sp³-hybridized carbons (Fsp3) is 0.933. The molecule has 2 aliphatic rings. The summed E-state index contributed by atoms with van der Waals surface area (Å²) in [7, 11) is 1.71. The van der Waals surface area contributed by atoms with Crippen molar-refractivity contribution in [3.8, 4) is 0 Å². The fourth-order valence-corrected chi connectivity index (χ4v) is 3.41. The van der Waals surface area contributed by atoms with E-state index >= 15 is 0 Å². The Bertz CT molecular complexity index is 283. The van der Waals surface area contributed by atoms with Gasteiger partial charge < -0.3 is 15.4 Å². The molecule has 3 atom stereocenters. The molecular formula is C15H28N2O2. The van der Waals surface area contributed by atoms with E-state index in [0.29, 0.717) is 6.04 Å². The van der Waals surface area contributed by atoms with Gasteiger partial charge in [-0.05, 0) is 44.4 Å². The van der Waals surface area contributed by atoms with Crippen molar-refractivity contribution in [1.82, 2.24) is 10.6 Å². The third-order valence-corrected chi connectivity index (χ3v) is 4.54. The first-order valence-electron chi connectivity index (χ1n) is 7.84. The lowest BCUT2D eigenvalue weighted by Crippen LogP contribution is -2.55. The highest BCUT2D eigenvalue weighted by Gasteiger charge is 2.34. The number of unbranched alkanes of at least 4 members (excludes halogenated alkanes) is 1. The van der Waals surface area contributed by atoms with Gasteiger partial charge in [-0.25, -0.2) is 0 Å². The molecule has 0 aromatic carbocycles. The number of carbonyl (C=O) groups is 1. The molecule has 1 aliphatic carbocycles. The van der Waals surface area contributed by atoms with Crippen molar-refractivity contribution in [2.45, 2.75) is 63.5 Å². The Hall–Kier alpha value is -0.610. The fourth-order valence-electron chi connectivity index (χ4n) is 3.41. The number of methoxy groups -OCH3 is 1. The van der Waals surface area contributed by atoms with Gasteiger partial charge in [-0.1, -0.05) is 12.8 Å². The molecule has 0 bridgehead atoms. The molecule has 1 saturated heterocycles. The molecule has 2 rings (SSSR count). The summed E-state index contributed by atoms with van der Waals surface area (Å²) in [6.45, 7) is 1.55. The van der Waals surface area contributed by atoms with Crippen LogP contribution in [0.3, 0.4) is 0 Å². The maximum atomic E-state index is 12.1. The summed E-state index contributed by atoms with van der Waals surface area (Å²) in [5.74, 6) is 1.01. The normalized spacial score (nSPS) is 30.7. The Morgan fingerprint density at radius 1 is 1.21 bits per heavy atom. The number of nitrogens with one attached hydrogen (secondary N) is 2. The van der Waals surface area contributed by atoms with Gasteiger partial charge in [0, 0.05) is 26.3 Å². The summed E-state index contributed by atoms with van der Waals surface area (Å²) >= 11 is 0. The van der Waals surface area contributed by atoms with Gasteiger partial charge in [0.15, 0.2) is 0 Å². The smallest absolute Gasteiger partial charge is 0.237 e. The predicted molar refractivity (Wildman–Crippen MR) is 76.0 cm³/mol. The van der Waals surface area contributed by atoms with Crippen LogP contribution in [0.5, 0.6) is 0 Å². The summed E-state index contributed by atoms with van der Waals surface area (Å²) < 4.78 is 5.00. The average molecular weight is 268 g/mol. The van der Waals surface area contributed by atoms with Crippen molar-refractivity contribution in [3.63, 3.8) is 0 Å². The van der Waals surface area contributed by atoms with Crippen molar-refractivity contribution in [3.05, 3.63) is 0 Å². The van der Waals surface area contributed by atoms with Crippen molar-refractivity contribution in [1.29, 1.82) is 0 Å². The van der Waals surface area contributed by atoms with Crippen molar-refractivity contribution < 1.29 is 9.53 Å². The molecule has 4 nitrogen and oxygen atoms in total. The second kappa shape index (κ2) is 7.85. The molecular weight excluding hydrogens is 240 g/mol. The Morgan fingerprint density at radius 2 is 2.05 bits per heavy atom. The summed E-state index contributed by atoms with van der Waals surface area (Å²) in [5, 5.41) is 6.62. The molecule has 0 aromatic heterocycles. The molecule has 4 heteroatoms. The molecule has 2 fully saturated rings. The van der Waals surface area contributed by atoms with Crippen LogP contribution in [0.4, 0.5) is 0 Å². The molecule has 0 aromatic rings. The third-order valence-electron chi connectivity index (χ3n) is 4.54. The van der Waals surface area contributed by atoms with Gasteiger partial charge in [0.2, 0.25) is 5.91 Å². The van der Waals surface area contributed by atoms with Crippen LogP contribution in [-0.4, -0.2) is 38.3 Å². The molecule has 2 N–H and O–H groups in total. The SMILES string of the molecule is COCCCCNC(=O)C1CCC2CCCCC2N1. The largest absolute Gasteiger partial charge is 0.385 e. The Balaban J connectivity index is 1.65. The zero-order chi connectivity index (χ0) is 13.5. The van der Waals surface area contributed by atoms with Gasteiger partial charge in [0.1, 0.15) is 0 Å². The molecule has 110 valence electrons. The zero-order valence-electron chi connectivity index (χ0n) is 12.1. The van der Waals surface area contributed by atoms with Crippen LogP contribution in [-0.2, 0) is 9.53 Å². The van der Waals surface area contributed by atoms with Crippen LogP contribution < -0.4 is 10.6 Å². The maximum Gasteiger partial charge on any atom is 0.237 e. The van der Waals surface area contributed by atoms with Gasteiger partial charge in [-0.2, -0.15) is 0 Å². The van der Waals surface area contributed by atoms with Crippen LogP contribution in [0.2, 0.25) is 0 Å². The van der Waals surface area contributed by atoms with E-state index < -0.39 is 0 Å². The van der Waals surface area contributed by atoms with E-state index in [2.05, 4.69) is 10.6 Å². The van der Waals surface area contributed by atoms with Gasteiger partial charge in [0.25, 0.3) is 0 Å². The number of fused-ring (bicyclic) bond motifs is 1. The highest BCUT2D eigenvalue weighted by atomic mass is 16.5. The minimum absolute atomic E-state index is 0.0433. The molecule has 3 unspecified atom stereocenters. The predicted octanol–water partition coefficient (Wildman–Crippen LogP) is 1.84. The van der Waals surface area contributed by atoms with Gasteiger partial charge >= 0.3 is 0 Å². The third kappa shape index (κ3) is 4.46. The Kier molecular flexibility index (Phi) is 6.11. The average Bonchev–Trinajstić information content (AvgIpc) is 2.46. The molecule has 19 heavy (non-hydrogen) atoms. The number of amides is 1. The molecule has 1 saturated carbocycles. The highest BCUT2D eigenvalue weighted by Crippen LogP contribution is 2.32. The lowest BCUT2D eigenvalue weighted by atomic mass is 9.77. The van der Waals surface area contributed by atoms with Crippen LogP contribution in [0.15, 0.2) is 0 Å². The first-order valence-corrected chi connectivity index (χ1v) is 7.84. The van der Waals surface area contributed by atoms with E-state index in [9.17, 15) is 4.79 Å². The quantitative estimate of drug-likeness (QED) is 0.723. The Labute approximate surface area is 116 Å². The van der Waals surface area contributed by atoms with E-state index in [1.54, 1.807) is 7.11 Å². The zero-order valence-corrected chi connectivity index (χ0v) is 12.1. The van der Waals surface area contributed by atoms with E-state index in [1.165, 1.54) is 32.1 Å². The summed E-state index contributed by atoms with van der Waals surface area (Å²) in [6, 6.07) is 0.633. The monoisotopic (exact) mass is 268 g/mol. The molecule has 1 aliphatic heterocycles. The second-order valence-corrected chi connectivity index (χ2v) is 5.94. The summed E-state index contributed by atoms with van der Waals surface area (Å²) in [4.78, 5) is 12.1. The van der Waals surface area contributed by atoms with Crippen LogP contribution in [0.1, 0.15) is 51.4 Å². The van der Waals surface area contributed by atoms with E-state index in [1.807, 2.05) is 0 Å². The van der Waals surface area contributed by atoms with Crippen LogP contribution >= 0.6 is 0 Å². The minimum Gasteiger partial charge on any atom is -0.385 e. The van der Waals surface area contributed by atoms with E-state index in [-0.39, 0.29) is 11.9 Å². The maximum absolute atomic E-state index is 12.1. The van der Waals surface area contributed by atoms with Crippen molar-refractivity contribution in [2.24, 2.45) is 5.92 Å².